The van der Waals surface area contributed by atoms with Crippen molar-refractivity contribution in [3.05, 3.63) is 82.6 Å². The van der Waals surface area contributed by atoms with E-state index in [1.807, 2.05) is 0 Å². The van der Waals surface area contributed by atoms with Crippen molar-refractivity contribution < 1.29 is 9.18 Å². The Bertz CT molecular complexity index is 783. The van der Waals surface area contributed by atoms with E-state index in [1.165, 1.54) is 12.1 Å². The maximum Gasteiger partial charge on any atom is 0.195 e. The second-order valence-corrected chi connectivity index (χ2v) is 5.39. The van der Waals surface area contributed by atoms with Gasteiger partial charge in [0.15, 0.2) is 5.78 Å². The monoisotopic (exact) mass is 344 g/mol. The number of carbonyl (C=O) groups excluding carboxylic acids is 1. The SMILES string of the molecule is O=C(c1ccc(Br)cc1)c1ccc(-n2ccnc2)cc1F. The molecule has 0 saturated heterocycles. The van der Waals surface area contributed by atoms with Gasteiger partial charge in [-0.2, -0.15) is 0 Å². The zero-order valence-corrected chi connectivity index (χ0v) is 12.4. The highest BCUT2D eigenvalue weighted by atomic mass is 79.9. The lowest BCUT2D eigenvalue weighted by atomic mass is 10.0. The van der Waals surface area contributed by atoms with Gasteiger partial charge in [0.1, 0.15) is 5.82 Å². The lowest BCUT2D eigenvalue weighted by Gasteiger charge is -2.06. The Balaban J connectivity index is 1.96. The summed E-state index contributed by atoms with van der Waals surface area (Å²) in [6, 6.07) is 11.3. The largest absolute Gasteiger partial charge is 0.306 e. The second-order valence-electron chi connectivity index (χ2n) is 4.47. The Hall–Kier alpha value is -2.27. The van der Waals surface area contributed by atoms with E-state index in [-0.39, 0.29) is 11.3 Å². The second kappa shape index (κ2) is 5.61. The molecule has 0 atom stereocenters. The molecule has 0 aliphatic carbocycles. The molecule has 3 rings (SSSR count). The minimum Gasteiger partial charge on any atom is -0.306 e. The number of carbonyl (C=O) groups is 1. The molecule has 5 heteroatoms. The molecule has 0 aliphatic heterocycles. The van der Waals surface area contributed by atoms with Gasteiger partial charge in [0.2, 0.25) is 0 Å². The fourth-order valence-electron chi connectivity index (χ4n) is 2.02. The molecule has 0 spiro atoms. The van der Waals surface area contributed by atoms with Crippen LogP contribution >= 0.6 is 15.9 Å². The van der Waals surface area contributed by atoms with Crippen LogP contribution in [-0.2, 0) is 0 Å². The van der Waals surface area contributed by atoms with Gasteiger partial charge in [0.05, 0.1) is 11.9 Å². The zero-order chi connectivity index (χ0) is 14.8. The highest BCUT2D eigenvalue weighted by molar-refractivity contribution is 9.10. The third-order valence-corrected chi connectivity index (χ3v) is 3.63. The summed E-state index contributed by atoms with van der Waals surface area (Å²) in [7, 11) is 0. The predicted molar refractivity (Wildman–Crippen MR) is 81.1 cm³/mol. The molecule has 1 heterocycles. The molecule has 3 nitrogen and oxygen atoms in total. The summed E-state index contributed by atoms with van der Waals surface area (Å²) in [5.41, 5.74) is 1.13. The highest BCUT2D eigenvalue weighted by Gasteiger charge is 2.14. The first-order valence-electron chi connectivity index (χ1n) is 6.23. The number of benzene rings is 2. The van der Waals surface area contributed by atoms with Gasteiger partial charge >= 0.3 is 0 Å². The minimum absolute atomic E-state index is 0.0567. The standard InChI is InChI=1S/C16H10BrFN2O/c17-12-3-1-11(2-4-12)16(21)14-6-5-13(9-15(14)18)20-8-7-19-10-20/h1-10H. The normalized spacial score (nSPS) is 10.6. The molecule has 0 amide bonds. The average Bonchev–Trinajstić information content (AvgIpc) is 3.01. The number of hydrogen-bond donors (Lipinski definition) is 0. The fourth-order valence-corrected chi connectivity index (χ4v) is 2.28. The van der Waals surface area contributed by atoms with Gasteiger partial charge in [-0.25, -0.2) is 9.37 Å². The van der Waals surface area contributed by atoms with E-state index in [2.05, 4.69) is 20.9 Å². The topological polar surface area (TPSA) is 34.9 Å². The Labute approximate surface area is 129 Å². The van der Waals surface area contributed by atoms with Crippen LogP contribution in [-0.4, -0.2) is 15.3 Å². The van der Waals surface area contributed by atoms with Crippen LogP contribution in [0.1, 0.15) is 15.9 Å². The van der Waals surface area contributed by atoms with Crippen LogP contribution in [0.25, 0.3) is 5.69 Å². The first-order chi connectivity index (χ1) is 10.1. The average molecular weight is 345 g/mol. The number of rotatable bonds is 3. The highest BCUT2D eigenvalue weighted by Crippen LogP contribution is 2.19. The van der Waals surface area contributed by atoms with E-state index in [1.54, 1.807) is 53.6 Å². The van der Waals surface area contributed by atoms with Crippen LogP contribution in [0.5, 0.6) is 0 Å². The summed E-state index contributed by atoms with van der Waals surface area (Å²) in [5.74, 6) is -0.883. The quantitative estimate of drug-likeness (QED) is 0.673. The van der Waals surface area contributed by atoms with Gasteiger partial charge in [-0.05, 0) is 42.5 Å². The van der Waals surface area contributed by atoms with Crippen LogP contribution in [0.2, 0.25) is 0 Å². The van der Waals surface area contributed by atoms with Gasteiger partial charge in [-0.1, -0.05) is 15.9 Å². The van der Waals surface area contributed by atoms with E-state index in [0.717, 1.165) is 4.47 Å². The molecule has 0 unspecified atom stereocenters. The van der Waals surface area contributed by atoms with Gasteiger partial charge in [0, 0.05) is 28.1 Å². The Morgan fingerprint density at radius 2 is 1.90 bits per heavy atom. The predicted octanol–water partition coefficient (Wildman–Crippen LogP) is 4.00. The fraction of sp³-hybridized carbons (Fsp3) is 0. The molecule has 0 fully saturated rings. The molecule has 0 aliphatic rings. The van der Waals surface area contributed by atoms with Crippen LogP contribution in [0.3, 0.4) is 0 Å². The number of hydrogen-bond acceptors (Lipinski definition) is 2. The van der Waals surface area contributed by atoms with Gasteiger partial charge in [-0.3, -0.25) is 4.79 Å². The summed E-state index contributed by atoms with van der Waals surface area (Å²) in [5, 5.41) is 0. The smallest absolute Gasteiger partial charge is 0.195 e. The molecule has 3 aromatic rings. The van der Waals surface area contributed by atoms with E-state index in [4.69, 9.17) is 0 Å². The first kappa shape index (κ1) is 13.7. The molecule has 21 heavy (non-hydrogen) atoms. The molecule has 1 aromatic heterocycles. The van der Waals surface area contributed by atoms with Crippen LogP contribution in [0.15, 0.2) is 65.7 Å². The van der Waals surface area contributed by atoms with Crippen molar-refractivity contribution in [2.24, 2.45) is 0 Å². The Morgan fingerprint density at radius 3 is 2.52 bits per heavy atom. The van der Waals surface area contributed by atoms with E-state index in [9.17, 15) is 9.18 Å². The number of imidazole rings is 1. The van der Waals surface area contributed by atoms with E-state index >= 15 is 0 Å². The summed E-state index contributed by atoms with van der Waals surface area (Å²) in [4.78, 5) is 16.2. The Kier molecular flexibility index (Phi) is 3.66. The van der Waals surface area contributed by atoms with Crippen molar-refractivity contribution in [3.8, 4) is 5.69 Å². The van der Waals surface area contributed by atoms with Crippen molar-refractivity contribution in [1.82, 2.24) is 9.55 Å². The molecule has 0 bridgehead atoms. The molecule has 0 radical (unpaired) electrons. The molecular formula is C16H10BrFN2O. The van der Waals surface area contributed by atoms with Crippen LogP contribution in [0, 0.1) is 5.82 Å². The van der Waals surface area contributed by atoms with Crippen molar-refractivity contribution in [1.29, 1.82) is 0 Å². The lowest BCUT2D eigenvalue weighted by molar-refractivity contribution is 0.103. The van der Waals surface area contributed by atoms with Crippen LogP contribution in [0.4, 0.5) is 4.39 Å². The van der Waals surface area contributed by atoms with Crippen LogP contribution < -0.4 is 0 Å². The lowest BCUT2D eigenvalue weighted by Crippen LogP contribution is -2.05. The van der Waals surface area contributed by atoms with Crippen molar-refractivity contribution in [2.45, 2.75) is 0 Å². The maximum absolute atomic E-state index is 14.2. The molecular weight excluding hydrogens is 335 g/mol. The molecule has 0 N–H and O–H groups in total. The van der Waals surface area contributed by atoms with Gasteiger partial charge in [-0.15, -0.1) is 0 Å². The van der Waals surface area contributed by atoms with Crippen molar-refractivity contribution in [2.75, 3.05) is 0 Å². The van der Waals surface area contributed by atoms with Gasteiger partial charge < -0.3 is 4.57 Å². The third kappa shape index (κ3) is 2.78. The Morgan fingerprint density at radius 1 is 1.14 bits per heavy atom. The molecule has 0 saturated carbocycles. The number of halogens is 2. The van der Waals surface area contributed by atoms with Crippen molar-refractivity contribution >= 4 is 21.7 Å². The van der Waals surface area contributed by atoms with Gasteiger partial charge in [0.25, 0.3) is 0 Å². The summed E-state index contributed by atoms with van der Waals surface area (Å²) < 4.78 is 16.7. The zero-order valence-electron chi connectivity index (χ0n) is 10.8. The van der Waals surface area contributed by atoms with E-state index in [0.29, 0.717) is 11.3 Å². The first-order valence-corrected chi connectivity index (χ1v) is 7.02. The molecule has 2 aromatic carbocycles. The molecule has 104 valence electrons. The number of aromatic nitrogens is 2. The summed E-state index contributed by atoms with van der Waals surface area (Å²) in [6.07, 6.45) is 4.90. The van der Waals surface area contributed by atoms with E-state index < -0.39 is 5.82 Å². The van der Waals surface area contributed by atoms with Crippen molar-refractivity contribution in [3.63, 3.8) is 0 Å². The number of nitrogens with zero attached hydrogens (tertiary/aromatic N) is 2. The minimum atomic E-state index is -0.547. The maximum atomic E-state index is 14.2. The summed E-state index contributed by atoms with van der Waals surface area (Å²) >= 11 is 3.30. The number of ketones is 1. The third-order valence-electron chi connectivity index (χ3n) is 3.11. The summed E-state index contributed by atoms with van der Waals surface area (Å²) in [6.45, 7) is 0.